The summed E-state index contributed by atoms with van der Waals surface area (Å²) in [4.78, 5) is 12.5. The summed E-state index contributed by atoms with van der Waals surface area (Å²) < 4.78 is 1.84. The van der Waals surface area contributed by atoms with Crippen LogP contribution in [0.15, 0.2) is 36.8 Å². The topological polar surface area (TPSA) is 89.9 Å². The van der Waals surface area contributed by atoms with Crippen LogP contribution in [0.4, 0.5) is 5.95 Å². The van der Waals surface area contributed by atoms with Gasteiger partial charge in [0.1, 0.15) is 17.7 Å². The molecule has 1 aromatic carbocycles. The highest BCUT2D eigenvalue weighted by molar-refractivity contribution is 5.78. The van der Waals surface area contributed by atoms with Gasteiger partial charge in [-0.1, -0.05) is 11.8 Å². The van der Waals surface area contributed by atoms with Gasteiger partial charge in [-0.3, -0.25) is 4.57 Å². The summed E-state index contributed by atoms with van der Waals surface area (Å²) in [6.07, 6.45) is 5.40. The first-order chi connectivity index (χ1) is 11.5. The third kappa shape index (κ3) is 2.70. The van der Waals surface area contributed by atoms with E-state index in [2.05, 4.69) is 26.8 Å². The molecule has 0 spiro atoms. The third-order valence-electron chi connectivity index (χ3n) is 4.29. The minimum Gasteiger partial charge on any atom is -0.378 e. The molecular formula is C18H17N5O. The Labute approximate surface area is 139 Å². The average molecular weight is 319 g/mol. The summed E-state index contributed by atoms with van der Waals surface area (Å²) in [5, 5.41) is 10.3. The van der Waals surface area contributed by atoms with E-state index in [0.29, 0.717) is 11.7 Å². The van der Waals surface area contributed by atoms with E-state index in [1.165, 1.54) is 0 Å². The number of hydrogen-bond donors (Lipinski definition) is 2. The zero-order chi connectivity index (χ0) is 16.7. The number of nitrogen functional groups attached to an aromatic ring is 1. The number of aromatic nitrogens is 4. The molecule has 120 valence electrons. The van der Waals surface area contributed by atoms with Crippen molar-refractivity contribution in [3.63, 3.8) is 0 Å². The fourth-order valence-corrected chi connectivity index (χ4v) is 2.71. The SMILES string of the molecule is CC(O)(C#Cc1ccc2ncn(-c3ccnc(N)n3)c2c1)C1CC1. The van der Waals surface area contributed by atoms with Crippen molar-refractivity contribution in [3.05, 3.63) is 42.4 Å². The number of aliphatic hydroxyl groups is 1. The van der Waals surface area contributed by atoms with Gasteiger partial charge in [0.15, 0.2) is 0 Å². The maximum Gasteiger partial charge on any atom is 0.221 e. The first-order valence-corrected chi connectivity index (χ1v) is 7.84. The standard InChI is InChI=1S/C18H17N5O/c1-18(24,13-3-4-13)8-6-12-2-5-14-15(10-12)23(11-21-14)16-7-9-20-17(19)22-16/h2,5,7,9-11,13,24H,3-4H2,1H3,(H2,19,20,22). The molecule has 1 aliphatic carbocycles. The maximum atomic E-state index is 10.3. The molecule has 0 saturated heterocycles. The van der Waals surface area contributed by atoms with Gasteiger partial charge in [-0.15, -0.1) is 0 Å². The molecule has 1 saturated carbocycles. The van der Waals surface area contributed by atoms with Crippen LogP contribution in [0.25, 0.3) is 16.9 Å². The zero-order valence-electron chi connectivity index (χ0n) is 13.3. The van der Waals surface area contributed by atoms with Crippen LogP contribution in [0.2, 0.25) is 0 Å². The Morgan fingerprint density at radius 2 is 2.12 bits per heavy atom. The number of nitrogens with two attached hydrogens (primary N) is 1. The van der Waals surface area contributed by atoms with Crippen LogP contribution in [-0.2, 0) is 0 Å². The van der Waals surface area contributed by atoms with Gasteiger partial charge in [-0.25, -0.2) is 9.97 Å². The largest absolute Gasteiger partial charge is 0.378 e. The summed E-state index contributed by atoms with van der Waals surface area (Å²) >= 11 is 0. The lowest BCUT2D eigenvalue weighted by Gasteiger charge is -2.14. The van der Waals surface area contributed by atoms with Crippen LogP contribution in [-0.4, -0.2) is 30.2 Å². The van der Waals surface area contributed by atoms with E-state index in [1.807, 2.05) is 22.8 Å². The average Bonchev–Trinajstić information content (AvgIpc) is 3.34. The number of rotatable bonds is 2. The quantitative estimate of drug-likeness (QED) is 0.704. The van der Waals surface area contributed by atoms with Gasteiger partial charge in [0, 0.05) is 11.8 Å². The number of imidazole rings is 1. The molecule has 4 rings (SSSR count). The molecule has 2 aromatic heterocycles. The number of anilines is 1. The van der Waals surface area contributed by atoms with Crippen molar-refractivity contribution in [2.45, 2.75) is 25.4 Å². The van der Waals surface area contributed by atoms with Crippen molar-refractivity contribution in [3.8, 4) is 17.7 Å². The van der Waals surface area contributed by atoms with E-state index in [4.69, 9.17) is 5.73 Å². The second kappa shape index (κ2) is 5.32. The number of nitrogens with zero attached hydrogens (tertiary/aromatic N) is 4. The Morgan fingerprint density at radius 3 is 2.88 bits per heavy atom. The van der Waals surface area contributed by atoms with Gasteiger partial charge in [-0.2, -0.15) is 4.98 Å². The summed E-state index contributed by atoms with van der Waals surface area (Å²) in [5.41, 5.74) is 7.29. The smallest absolute Gasteiger partial charge is 0.221 e. The molecule has 0 amide bonds. The molecule has 1 fully saturated rings. The Bertz CT molecular complexity index is 976. The Morgan fingerprint density at radius 1 is 1.29 bits per heavy atom. The molecule has 0 radical (unpaired) electrons. The van der Waals surface area contributed by atoms with Crippen LogP contribution < -0.4 is 5.73 Å². The molecule has 1 unspecified atom stereocenters. The number of hydrogen-bond acceptors (Lipinski definition) is 5. The van der Waals surface area contributed by atoms with Crippen LogP contribution >= 0.6 is 0 Å². The molecule has 6 heteroatoms. The van der Waals surface area contributed by atoms with Crippen molar-refractivity contribution >= 4 is 17.0 Å². The number of fused-ring (bicyclic) bond motifs is 1. The minimum atomic E-state index is -0.920. The van der Waals surface area contributed by atoms with Crippen molar-refractivity contribution in [2.24, 2.45) is 5.92 Å². The van der Waals surface area contributed by atoms with Crippen molar-refractivity contribution in [1.29, 1.82) is 0 Å². The van der Waals surface area contributed by atoms with E-state index < -0.39 is 5.60 Å². The maximum absolute atomic E-state index is 10.3. The van der Waals surface area contributed by atoms with Gasteiger partial charge in [0.25, 0.3) is 0 Å². The predicted molar refractivity (Wildman–Crippen MR) is 91.3 cm³/mol. The predicted octanol–water partition coefficient (Wildman–Crippen LogP) is 1.91. The minimum absolute atomic E-state index is 0.214. The zero-order valence-corrected chi connectivity index (χ0v) is 13.3. The monoisotopic (exact) mass is 319 g/mol. The molecule has 3 N–H and O–H groups in total. The van der Waals surface area contributed by atoms with Gasteiger partial charge in [-0.05, 0) is 49.9 Å². The second-order valence-corrected chi connectivity index (χ2v) is 6.26. The van der Waals surface area contributed by atoms with E-state index in [0.717, 1.165) is 29.4 Å². The normalized spacial score (nSPS) is 16.4. The van der Waals surface area contributed by atoms with Crippen LogP contribution in [0.5, 0.6) is 0 Å². The molecule has 0 bridgehead atoms. The van der Waals surface area contributed by atoms with E-state index in [9.17, 15) is 5.11 Å². The Hall–Kier alpha value is -2.91. The second-order valence-electron chi connectivity index (χ2n) is 6.26. The Kier molecular flexibility index (Phi) is 3.25. The molecule has 3 aromatic rings. The highest BCUT2D eigenvalue weighted by atomic mass is 16.3. The number of benzene rings is 1. The first kappa shape index (κ1) is 14.7. The van der Waals surface area contributed by atoms with Crippen LogP contribution in [0.3, 0.4) is 0 Å². The highest BCUT2D eigenvalue weighted by Crippen LogP contribution is 2.39. The van der Waals surface area contributed by atoms with Gasteiger partial charge in [0.2, 0.25) is 5.95 Å². The summed E-state index contributed by atoms with van der Waals surface area (Å²) in [6, 6.07) is 7.53. The van der Waals surface area contributed by atoms with Crippen molar-refractivity contribution in [2.75, 3.05) is 5.73 Å². The lowest BCUT2D eigenvalue weighted by Crippen LogP contribution is -2.24. The Balaban J connectivity index is 1.75. The van der Waals surface area contributed by atoms with Gasteiger partial charge in [0.05, 0.1) is 11.0 Å². The van der Waals surface area contributed by atoms with E-state index in [1.54, 1.807) is 25.5 Å². The third-order valence-corrected chi connectivity index (χ3v) is 4.29. The fourth-order valence-electron chi connectivity index (χ4n) is 2.71. The molecule has 1 aliphatic rings. The van der Waals surface area contributed by atoms with Crippen LogP contribution in [0.1, 0.15) is 25.3 Å². The van der Waals surface area contributed by atoms with E-state index >= 15 is 0 Å². The lowest BCUT2D eigenvalue weighted by atomic mass is 10.0. The summed E-state index contributed by atoms with van der Waals surface area (Å²) in [7, 11) is 0. The lowest BCUT2D eigenvalue weighted by molar-refractivity contribution is 0.0980. The highest BCUT2D eigenvalue weighted by Gasteiger charge is 2.38. The van der Waals surface area contributed by atoms with Gasteiger partial charge < -0.3 is 10.8 Å². The first-order valence-electron chi connectivity index (χ1n) is 7.84. The fraction of sp³-hybridized carbons (Fsp3) is 0.278. The molecule has 1 atom stereocenters. The molecule has 0 aliphatic heterocycles. The summed E-state index contributed by atoms with van der Waals surface area (Å²) in [5.74, 6) is 7.23. The molecule has 24 heavy (non-hydrogen) atoms. The van der Waals surface area contributed by atoms with Crippen molar-refractivity contribution in [1.82, 2.24) is 19.5 Å². The molecular weight excluding hydrogens is 302 g/mol. The summed E-state index contributed by atoms with van der Waals surface area (Å²) in [6.45, 7) is 1.78. The van der Waals surface area contributed by atoms with Crippen molar-refractivity contribution < 1.29 is 5.11 Å². The van der Waals surface area contributed by atoms with Gasteiger partial charge >= 0.3 is 0 Å². The van der Waals surface area contributed by atoms with Crippen LogP contribution in [0, 0.1) is 17.8 Å². The molecule has 2 heterocycles. The van der Waals surface area contributed by atoms with E-state index in [-0.39, 0.29) is 5.95 Å². The molecule has 6 nitrogen and oxygen atoms in total.